The first-order valence-electron chi connectivity index (χ1n) is 10.3. The summed E-state index contributed by atoms with van der Waals surface area (Å²) in [5.41, 5.74) is 11.7. The van der Waals surface area contributed by atoms with E-state index in [1.165, 1.54) is 12.0 Å². The van der Waals surface area contributed by atoms with Gasteiger partial charge in [0.25, 0.3) is 5.78 Å². The second-order valence-electron chi connectivity index (χ2n) is 8.33. The monoisotopic (exact) mass is 383 g/mol. The maximum Gasteiger partial charge on any atom is 0.253 e. The second-order valence-corrected chi connectivity index (χ2v) is 8.33. The molecular weight excluding hydrogens is 358 g/mol. The van der Waals surface area contributed by atoms with E-state index < -0.39 is 0 Å². The van der Waals surface area contributed by atoms with Gasteiger partial charge in [-0.05, 0) is 30.4 Å². The lowest BCUT2D eigenvalue weighted by molar-refractivity contribution is 0.253. The highest BCUT2D eigenvalue weighted by atomic mass is 15.3. The van der Waals surface area contributed by atoms with Gasteiger partial charge in [0.05, 0.1) is 5.69 Å². The van der Waals surface area contributed by atoms with Gasteiger partial charge in [-0.25, -0.2) is 9.50 Å². The zero-order chi connectivity index (χ0) is 20.0. The maximum atomic E-state index is 6.50. The summed E-state index contributed by atoms with van der Waals surface area (Å²) in [5.74, 6) is 1.68. The Morgan fingerprint density at radius 1 is 0.931 bits per heavy atom. The molecule has 1 fully saturated rings. The summed E-state index contributed by atoms with van der Waals surface area (Å²) in [6.45, 7) is 4.19. The largest absolute Gasteiger partial charge is 0.321 e. The van der Waals surface area contributed by atoms with Crippen molar-refractivity contribution in [3.8, 4) is 22.4 Å². The van der Waals surface area contributed by atoms with Crippen LogP contribution in [0.3, 0.4) is 0 Å². The number of hydrogen-bond acceptors (Lipinski definition) is 4. The Bertz CT molecular complexity index is 1160. The van der Waals surface area contributed by atoms with E-state index in [1.54, 1.807) is 4.52 Å². The van der Waals surface area contributed by atoms with Crippen molar-refractivity contribution in [2.24, 2.45) is 5.73 Å². The highest BCUT2D eigenvalue weighted by molar-refractivity contribution is 5.81. The minimum Gasteiger partial charge on any atom is -0.321 e. The number of rotatable bonds is 4. The highest BCUT2D eigenvalue weighted by Crippen LogP contribution is 2.39. The predicted octanol–water partition coefficient (Wildman–Crippen LogP) is 4.92. The molecule has 146 valence electrons. The fraction of sp³-hybridized carbons (Fsp3) is 0.292. The molecule has 4 aromatic rings. The van der Waals surface area contributed by atoms with E-state index >= 15 is 0 Å². The lowest BCUT2D eigenvalue weighted by Crippen LogP contribution is -2.43. The number of benzene rings is 2. The predicted molar refractivity (Wildman–Crippen MR) is 115 cm³/mol. The van der Waals surface area contributed by atoms with Crippen molar-refractivity contribution >= 4 is 5.78 Å². The van der Waals surface area contributed by atoms with Crippen LogP contribution in [0, 0.1) is 0 Å². The maximum absolute atomic E-state index is 6.50. The number of hydrogen-bond donors (Lipinski definition) is 1. The van der Waals surface area contributed by atoms with E-state index in [2.05, 4.69) is 60.3 Å². The van der Waals surface area contributed by atoms with Gasteiger partial charge >= 0.3 is 0 Å². The van der Waals surface area contributed by atoms with Crippen LogP contribution in [0.4, 0.5) is 0 Å². The molecule has 0 unspecified atom stereocenters. The van der Waals surface area contributed by atoms with Crippen LogP contribution < -0.4 is 5.73 Å². The molecule has 0 atom stereocenters. The van der Waals surface area contributed by atoms with Gasteiger partial charge in [0, 0.05) is 28.8 Å². The zero-order valence-electron chi connectivity index (χ0n) is 16.8. The lowest BCUT2D eigenvalue weighted by Gasteiger charge is -2.38. The molecule has 2 aromatic carbocycles. The topological polar surface area (TPSA) is 69.1 Å². The summed E-state index contributed by atoms with van der Waals surface area (Å²) in [6.07, 6.45) is 5.36. The summed E-state index contributed by atoms with van der Waals surface area (Å²) in [7, 11) is 0. The molecule has 1 aliphatic carbocycles. The smallest absolute Gasteiger partial charge is 0.253 e. The van der Waals surface area contributed by atoms with Gasteiger partial charge < -0.3 is 5.73 Å². The van der Waals surface area contributed by atoms with Gasteiger partial charge in [-0.15, -0.1) is 5.10 Å². The van der Waals surface area contributed by atoms with Crippen molar-refractivity contribution in [2.45, 2.75) is 44.6 Å². The Labute approximate surface area is 170 Å². The van der Waals surface area contributed by atoms with E-state index in [9.17, 15) is 0 Å². The average molecular weight is 383 g/mol. The molecule has 0 saturated heterocycles. The molecule has 2 heterocycles. The summed E-state index contributed by atoms with van der Waals surface area (Å²) >= 11 is 0. The molecule has 5 nitrogen and oxygen atoms in total. The normalized spacial score (nSPS) is 15.6. The van der Waals surface area contributed by atoms with Gasteiger partial charge in [0.15, 0.2) is 5.82 Å². The Balaban J connectivity index is 1.66. The van der Waals surface area contributed by atoms with Crippen LogP contribution in [0.2, 0.25) is 0 Å². The van der Waals surface area contributed by atoms with Gasteiger partial charge in [0.2, 0.25) is 0 Å². The molecule has 2 aromatic heterocycles. The van der Waals surface area contributed by atoms with Gasteiger partial charge in [-0.3, -0.25) is 0 Å². The minimum absolute atomic E-state index is 0.155. The van der Waals surface area contributed by atoms with Crippen molar-refractivity contribution in [2.75, 3.05) is 0 Å². The summed E-state index contributed by atoms with van der Waals surface area (Å²) in [6, 6.07) is 18.9. The third-order valence-corrected chi connectivity index (χ3v) is 5.93. The molecule has 0 amide bonds. The van der Waals surface area contributed by atoms with Gasteiger partial charge in [-0.2, -0.15) is 4.98 Å². The average Bonchev–Trinajstić information content (AvgIpc) is 3.15. The first-order chi connectivity index (χ1) is 14.0. The molecule has 0 spiro atoms. The third kappa shape index (κ3) is 3.12. The van der Waals surface area contributed by atoms with Crippen LogP contribution >= 0.6 is 0 Å². The van der Waals surface area contributed by atoms with Crippen LogP contribution in [-0.4, -0.2) is 19.6 Å². The SMILES string of the molecule is CC(C)c1nc2nc(-c3ccc(C4(N)CCC4)cc3)c(-c3ccccc3)cn2n1. The van der Waals surface area contributed by atoms with Crippen LogP contribution in [0.25, 0.3) is 28.2 Å². The first kappa shape index (κ1) is 18.0. The van der Waals surface area contributed by atoms with E-state index in [4.69, 9.17) is 10.7 Å². The third-order valence-electron chi connectivity index (χ3n) is 5.93. The van der Waals surface area contributed by atoms with E-state index in [0.29, 0.717) is 5.78 Å². The summed E-state index contributed by atoms with van der Waals surface area (Å²) in [5, 5.41) is 4.62. The molecule has 0 radical (unpaired) electrons. The van der Waals surface area contributed by atoms with Gasteiger partial charge in [-0.1, -0.05) is 68.4 Å². The number of fused-ring (bicyclic) bond motifs is 1. The molecule has 29 heavy (non-hydrogen) atoms. The van der Waals surface area contributed by atoms with Crippen molar-refractivity contribution in [1.29, 1.82) is 0 Å². The van der Waals surface area contributed by atoms with Crippen molar-refractivity contribution in [3.63, 3.8) is 0 Å². The molecule has 0 bridgehead atoms. The lowest BCUT2D eigenvalue weighted by atomic mass is 9.72. The Morgan fingerprint density at radius 2 is 1.66 bits per heavy atom. The van der Waals surface area contributed by atoms with Crippen molar-refractivity contribution < 1.29 is 0 Å². The molecule has 1 aliphatic rings. The number of nitrogens with two attached hydrogens (primary N) is 1. The Morgan fingerprint density at radius 3 is 2.28 bits per heavy atom. The molecule has 5 heteroatoms. The number of nitrogens with zero attached hydrogens (tertiary/aromatic N) is 4. The van der Waals surface area contributed by atoms with Gasteiger partial charge in [0.1, 0.15) is 0 Å². The first-order valence-corrected chi connectivity index (χ1v) is 10.3. The standard InChI is InChI=1S/C24H25N5/c1-16(2)22-27-23-26-21(18-9-11-19(12-10-18)24(25)13-6-14-24)20(15-29(23)28-22)17-7-4-3-5-8-17/h3-5,7-12,15-16H,6,13-14,25H2,1-2H3. The Kier molecular flexibility index (Phi) is 4.21. The van der Waals surface area contributed by atoms with Crippen LogP contribution in [0.1, 0.15) is 50.4 Å². The highest BCUT2D eigenvalue weighted by Gasteiger charge is 2.34. The minimum atomic E-state index is -0.155. The summed E-state index contributed by atoms with van der Waals surface area (Å²) in [4.78, 5) is 9.54. The van der Waals surface area contributed by atoms with Crippen molar-refractivity contribution in [1.82, 2.24) is 19.6 Å². The fourth-order valence-electron chi connectivity index (χ4n) is 3.94. The van der Waals surface area contributed by atoms with Crippen molar-refractivity contribution in [3.05, 3.63) is 72.2 Å². The molecule has 0 aliphatic heterocycles. The van der Waals surface area contributed by atoms with Crippen LogP contribution in [0.15, 0.2) is 60.8 Å². The van der Waals surface area contributed by atoms with Crippen LogP contribution in [-0.2, 0) is 5.54 Å². The molecular formula is C24H25N5. The van der Waals surface area contributed by atoms with Crippen LogP contribution in [0.5, 0.6) is 0 Å². The number of aromatic nitrogens is 4. The molecule has 1 saturated carbocycles. The second kappa shape index (κ2) is 6.78. The van der Waals surface area contributed by atoms with E-state index in [0.717, 1.165) is 41.1 Å². The van der Waals surface area contributed by atoms with E-state index in [-0.39, 0.29) is 11.5 Å². The molecule has 2 N–H and O–H groups in total. The Hall–Kier alpha value is -3.05. The summed E-state index contributed by atoms with van der Waals surface area (Å²) < 4.78 is 1.79. The van der Waals surface area contributed by atoms with E-state index in [1.807, 2.05) is 24.4 Å². The zero-order valence-corrected chi connectivity index (χ0v) is 16.8. The molecule has 5 rings (SSSR count). The quantitative estimate of drug-likeness (QED) is 0.543. The fourth-order valence-corrected chi connectivity index (χ4v) is 3.94.